The SMILES string of the molecule is CSc1nc(N)n2nc(-c3cc(Cl)cc(I)c3)nc2n1. The van der Waals surface area contributed by atoms with E-state index in [-0.39, 0.29) is 5.95 Å². The number of fused-ring (bicyclic) bond motifs is 1. The third-order valence-electron chi connectivity index (χ3n) is 2.52. The van der Waals surface area contributed by atoms with Crippen LogP contribution < -0.4 is 5.73 Å². The van der Waals surface area contributed by atoms with Gasteiger partial charge in [-0.05, 0) is 47.0 Å². The zero-order valence-electron chi connectivity index (χ0n) is 10.2. The molecule has 0 fully saturated rings. The number of nitrogen functional groups attached to an aromatic ring is 1. The highest BCUT2D eigenvalue weighted by Gasteiger charge is 2.12. The van der Waals surface area contributed by atoms with E-state index in [4.69, 9.17) is 17.3 Å². The van der Waals surface area contributed by atoms with E-state index in [2.05, 4.69) is 42.6 Å². The van der Waals surface area contributed by atoms with Gasteiger partial charge in [0.1, 0.15) is 0 Å². The van der Waals surface area contributed by atoms with Gasteiger partial charge < -0.3 is 5.73 Å². The first-order valence-corrected chi connectivity index (χ1v) is 8.15. The average molecular weight is 419 g/mol. The van der Waals surface area contributed by atoms with E-state index in [1.54, 1.807) is 6.07 Å². The number of halogens is 2. The maximum atomic E-state index is 6.05. The quantitative estimate of drug-likeness (QED) is 0.509. The first-order chi connectivity index (χ1) is 9.56. The predicted molar refractivity (Wildman–Crippen MR) is 87.9 cm³/mol. The van der Waals surface area contributed by atoms with E-state index in [9.17, 15) is 0 Å². The Kier molecular flexibility index (Phi) is 3.69. The molecule has 0 atom stereocenters. The summed E-state index contributed by atoms with van der Waals surface area (Å²) in [6, 6.07) is 5.61. The van der Waals surface area contributed by atoms with E-state index < -0.39 is 0 Å². The summed E-state index contributed by atoms with van der Waals surface area (Å²) in [6.45, 7) is 0. The molecule has 9 heteroatoms. The molecule has 102 valence electrons. The Labute approximate surface area is 137 Å². The number of rotatable bonds is 2. The van der Waals surface area contributed by atoms with Crippen LogP contribution in [0, 0.1) is 3.57 Å². The molecule has 3 rings (SSSR count). The maximum Gasteiger partial charge on any atom is 0.258 e. The fourth-order valence-electron chi connectivity index (χ4n) is 1.68. The van der Waals surface area contributed by atoms with E-state index in [0.29, 0.717) is 21.8 Å². The second kappa shape index (κ2) is 5.34. The number of thioether (sulfide) groups is 1. The van der Waals surface area contributed by atoms with Gasteiger partial charge >= 0.3 is 0 Å². The van der Waals surface area contributed by atoms with Crippen molar-refractivity contribution in [3.05, 3.63) is 26.8 Å². The van der Waals surface area contributed by atoms with Crippen LogP contribution in [0.15, 0.2) is 23.4 Å². The molecule has 0 radical (unpaired) electrons. The molecule has 0 spiro atoms. The fourth-order valence-corrected chi connectivity index (χ4v) is 3.13. The summed E-state index contributed by atoms with van der Waals surface area (Å²) in [6.07, 6.45) is 1.88. The molecule has 2 heterocycles. The highest BCUT2D eigenvalue weighted by atomic mass is 127. The first-order valence-electron chi connectivity index (χ1n) is 5.47. The van der Waals surface area contributed by atoms with Crippen LogP contribution in [0.25, 0.3) is 17.2 Å². The molecule has 0 saturated heterocycles. The Morgan fingerprint density at radius 1 is 1.25 bits per heavy atom. The Morgan fingerprint density at radius 2 is 2.05 bits per heavy atom. The Bertz CT molecular complexity index is 785. The maximum absolute atomic E-state index is 6.05. The van der Waals surface area contributed by atoms with Crippen LogP contribution >= 0.6 is 46.0 Å². The van der Waals surface area contributed by atoms with Gasteiger partial charge in [-0.15, -0.1) is 5.10 Å². The molecule has 0 aliphatic carbocycles. The van der Waals surface area contributed by atoms with Gasteiger partial charge in [-0.25, -0.2) is 0 Å². The van der Waals surface area contributed by atoms with Gasteiger partial charge in [0.15, 0.2) is 11.0 Å². The topological polar surface area (TPSA) is 82.0 Å². The molecule has 0 amide bonds. The summed E-state index contributed by atoms with van der Waals surface area (Å²) in [4.78, 5) is 12.8. The lowest BCUT2D eigenvalue weighted by molar-refractivity contribution is 0.851. The van der Waals surface area contributed by atoms with Crippen LogP contribution in [0.4, 0.5) is 5.95 Å². The lowest BCUT2D eigenvalue weighted by atomic mass is 10.2. The van der Waals surface area contributed by atoms with Crippen LogP contribution in [-0.2, 0) is 0 Å². The van der Waals surface area contributed by atoms with Crippen LogP contribution in [0.2, 0.25) is 5.02 Å². The minimum atomic E-state index is 0.259. The van der Waals surface area contributed by atoms with Crippen molar-refractivity contribution < 1.29 is 0 Å². The third-order valence-corrected chi connectivity index (χ3v) is 3.90. The number of aromatic nitrogens is 5. The Hall–Kier alpha value is -1.13. The van der Waals surface area contributed by atoms with Crippen molar-refractivity contribution in [1.82, 2.24) is 24.6 Å². The number of nitrogens with two attached hydrogens (primary N) is 1. The molecule has 0 unspecified atom stereocenters. The second-order valence-corrected chi connectivity index (χ2v) is 6.33. The van der Waals surface area contributed by atoms with Gasteiger partial charge in [0.05, 0.1) is 0 Å². The van der Waals surface area contributed by atoms with E-state index in [0.717, 1.165) is 9.13 Å². The lowest BCUT2D eigenvalue weighted by Gasteiger charge is -1.98. The fraction of sp³-hybridized carbons (Fsp3) is 0.0909. The van der Waals surface area contributed by atoms with Crippen LogP contribution in [0.3, 0.4) is 0 Å². The summed E-state index contributed by atoms with van der Waals surface area (Å²) < 4.78 is 2.43. The molecule has 1 aromatic carbocycles. The number of anilines is 1. The van der Waals surface area contributed by atoms with Crippen LogP contribution in [-0.4, -0.2) is 30.8 Å². The molecular weight excluding hydrogens is 411 g/mol. The zero-order valence-corrected chi connectivity index (χ0v) is 13.9. The molecule has 2 N–H and O–H groups in total. The zero-order chi connectivity index (χ0) is 14.3. The van der Waals surface area contributed by atoms with E-state index in [1.807, 2.05) is 18.4 Å². The standard InChI is InChI=1S/C11H8ClIN6S/c1-20-11-16-9(14)19-10(17-11)15-8(18-19)5-2-6(12)4-7(13)3-5/h2-4H,1H3,(H2,14,15,16,17,18). The first kappa shape index (κ1) is 13.8. The minimum Gasteiger partial charge on any atom is -0.368 e. The number of nitrogens with zero attached hydrogens (tertiary/aromatic N) is 5. The minimum absolute atomic E-state index is 0.259. The number of benzene rings is 1. The molecule has 2 aromatic heterocycles. The summed E-state index contributed by atoms with van der Waals surface area (Å²) in [5.74, 6) is 1.20. The summed E-state index contributed by atoms with van der Waals surface area (Å²) in [5, 5.41) is 5.52. The molecule has 20 heavy (non-hydrogen) atoms. The summed E-state index contributed by atoms with van der Waals surface area (Å²) in [5.41, 5.74) is 6.67. The molecular formula is C11H8ClIN6S. The van der Waals surface area contributed by atoms with Crippen LogP contribution in [0.5, 0.6) is 0 Å². The number of hydrogen-bond donors (Lipinski definition) is 1. The second-order valence-electron chi connectivity index (χ2n) is 3.87. The number of hydrogen-bond acceptors (Lipinski definition) is 6. The smallest absolute Gasteiger partial charge is 0.258 e. The Morgan fingerprint density at radius 3 is 2.75 bits per heavy atom. The lowest BCUT2D eigenvalue weighted by Crippen LogP contribution is -2.04. The van der Waals surface area contributed by atoms with Crippen molar-refractivity contribution in [3.8, 4) is 11.4 Å². The summed E-state index contributed by atoms with van der Waals surface area (Å²) >= 11 is 9.65. The summed E-state index contributed by atoms with van der Waals surface area (Å²) in [7, 11) is 0. The van der Waals surface area contributed by atoms with Crippen molar-refractivity contribution in [2.75, 3.05) is 12.0 Å². The molecule has 3 aromatic rings. The van der Waals surface area contributed by atoms with Gasteiger partial charge in [-0.1, -0.05) is 23.4 Å². The normalized spacial score (nSPS) is 11.2. The predicted octanol–water partition coefficient (Wildman–Crippen LogP) is 2.75. The highest BCUT2D eigenvalue weighted by molar-refractivity contribution is 14.1. The van der Waals surface area contributed by atoms with Crippen molar-refractivity contribution in [1.29, 1.82) is 0 Å². The van der Waals surface area contributed by atoms with Crippen LogP contribution in [0.1, 0.15) is 0 Å². The average Bonchev–Trinajstić information content (AvgIpc) is 2.82. The molecule has 0 aliphatic rings. The van der Waals surface area contributed by atoms with Gasteiger partial charge in [0.2, 0.25) is 5.95 Å². The van der Waals surface area contributed by atoms with Crippen molar-refractivity contribution in [3.63, 3.8) is 0 Å². The molecule has 0 bridgehead atoms. The largest absolute Gasteiger partial charge is 0.368 e. The van der Waals surface area contributed by atoms with Gasteiger partial charge in [-0.3, -0.25) is 0 Å². The molecule has 6 nitrogen and oxygen atoms in total. The van der Waals surface area contributed by atoms with Gasteiger partial charge in [-0.2, -0.15) is 19.5 Å². The van der Waals surface area contributed by atoms with Gasteiger partial charge in [0, 0.05) is 14.2 Å². The third kappa shape index (κ3) is 2.54. The monoisotopic (exact) mass is 418 g/mol. The molecule has 0 saturated carbocycles. The van der Waals surface area contributed by atoms with E-state index >= 15 is 0 Å². The van der Waals surface area contributed by atoms with Crippen molar-refractivity contribution in [2.45, 2.75) is 5.16 Å². The van der Waals surface area contributed by atoms with Gasteiger partial charge in [0.25, 0.3) is 5.78 Å². The van der Waals surface area contributed by atoms with Crippen molar-refractivity contribution in [2.24, 2.45) is 0 Å². The molecule has 0 aliphatic heterocycles. The highest BCUT2D eigenvalue weighted by Crippen LogP contribution is 2.24. The van der Waals surface area contributed by atoms with Crippen molar-refractivity contribution >= 4 is 57.7 Å². The van der Waals surface area contributed by atoms with E-state index in [1.165, 1.54) is 16.3 Å². The Balaban J connectivity index is 2.20.